The number of thiophene rings is 1. The average Bonchev–Trinajstić information content (AvgIpc) is 3.20. The summed E-state index contributed by atoms with van der Waals surface area (Å²) in [4.78, 5) is 0.901. The van der Waals surface area contributed by atoms with E-state index in [1.165, 1.54) is 17.4 Å². The molecule has 0 aliphatic carbocycles. The fraction of sp³-hybridized carbons (Fsp3) is 0.235. The highest BCUT2D eigenvalue weighted by atomic mass is 35.5. The van der Waals surface area contributed by atoms with Crippen LogP contribution in [0.1, 0.15) is 22.3 Å². The van der Waals surface area contributed by atoms with Gasteiger partial charge in [0.05, 0.1) is 21.7 Å². The molecule has 0 aliphatic rings. The van der Waals surface area contributed by atoms with Gasteiger partial charge in [-0.1, -0.05) is 17.7 Å². The minimum Gasteiger partial charge on any atom is -0.260 e. The fourth-order valence-corrected chi connectivity index (χ4v) is 4.79. The third kappa shape index (κ3) is 3.98. The molecule has 2 heterocycles. The number of hydrogen-bond acceptors (Lipinski definition) is 4. The number of aryl methyl sites for hydroxylation is 2. The zero-order valence-corrected chi connectivity index (χ0v) is 16.5. The summed E-state index contributed by atoms with van der Waals surface area (Å²) in [6, 6.07) is 8.83. The van der Waals surface area contributed by atoms with Gasteiger partial charge in [-0.25, -0.2) is 17.5 Å². The fourth-order valence-electron chi connectivity index (χ4n) is 2.67. The maximum absolute atomic E-state index is 13.3. The molecule has 2 aromatic heterocycles. The van der Waals surface area contributed by atoms with E-state index in [1.54, 1.807) is 4.68 Å². The molecule has 1 atom stereocenters. The minimum absolute atomic E-state index is 0.0813. The Labute approximate surface area is 160 Å². The molecule has 5 nitrogen and oxygen atoms in total. The molecular weight excluding hydrogens is 397 g/mol. The first-order valence-corrected chi connectivity index (χ1v) is 10.5. The molecule has 0 radical (unpaired) electrons. The van der Waals surface area contributed by atoms with E-state index < -0.39 is 15.8 Å². The molecule has 0 spiro atoms. The first-order chi connectivity index (χ1) is 12.3. The number of hydrogen-bond donors (Lipinski definition) is 1. The topological polar surface area (TPSA) is 64.0 Å². The van der Waals surface area contributed by atoms with E-state index in [1.807, 2.05) is 37.4 Å². The predicted octanol–water partition coefficient (Wildman–Crippen LogP) is 3.92. The van der Waals surface area contributed by atoms with Crippen LogP contribution in [0.3, 0.4) is 0 Å². The smallest absolute Gasteiger partial charge is 0.240 e. The Morgan fingerprint density at radius 1 is 1.31 bits per heavy atom. The number of benzene rings is 1. The number of aromatic nitrogens is 2. The van der Waals surface area contributed by atoms with Gasteiger partial charge in [-0.05, 0) is 49.6 Å². The largest absolute Gasteiger partial charge is 0.260 e. The second-order valence-corrected chi connectivity index (χ2v) is 8.98. The first-order valence-electron chi connectivity index (χ1n) is 7.79. The van der Waals surface area contributed by atoms with Crippen LogP contribution in [0.4, 0.5) is 4.39 Å². The normalized spacial score (nSPS) is 13.1. The van der Waals surface area contributed by atoms with E-state index in [-0.39, 0.29) is 22.5 Å². The SMILES string of the molecule is Cc1cc(C)n(C(CNS(=O)(=O)c2ccc(F)c(Cl)c2)c2cccs2)n1. The molecule has 1 aromatic carbocycles. The molecular formula is C17H17ClFN3O2S2. The molecule has 26 heavy (non-hydrogen) atoms. The Hall–Kier alpha value is -1.74. The van der Waals surface area contributed by atoms with Crippen molar-refractivity contribution in [2.24, 2.45) is 0 Å². The molecule has 0 fully saturated rings. The molecule has 0 saturated carbocycles. The number of halogens is 2. The van der Waals surface area contributed by atoms with E-state index >= 15 is 0 Å². The lowest BCUT2D eigenvalue weighted by Crippen LogP contribution is -2.32. The number of sulfonamides is 1. The summed E-state index contributed by atoms with van der Waals surface area (Å²) >= 11 is 7.23. The van der Waals surface area contributed by atoms with E-state index in [0.717, 1.165) is 28.4 Å². The average molecular weight is 414 g/mol. The third-order valence-electron chi connectivity index (χ3n) is 3.88. The van der Waals surface area contributed by atoms with Crippen LogP contribution in [0.5, 0.6) is 0 Å². The molecule has 9 heteroatoms. The quantitative estimate of drug-likeness (QED) is 0.666. The van der Waals surface area contributed by atoms with Crippen molar-refractivity contribution in [3.05, 3.63) is 68.9 Å². The lowest BCUT2D eigenvalue weighted by Gasteiger charge is -2.19. The number of nitrogens with one attached hydrogen (secondary N) is 1. The molecule has 3 rings (SSSR count). The van der Waals surface area contributed by atoms with Crippen LogP contribution >= 0.6 is 22.9 Å². The van der Waals surface area contributed by atoms with Crippen LogP contribution in [0.2, 0.25) is 5.02 Å². The van der Waals surface area contributed by atoms with Gasteiger partial charge in [-0.3, -0.25) is 4.68 Å². The van der Waals surface area contributed by atoms with E-state index in [0.29, 0.717) is 0 Å². The van der Waals surface area contributed by atoms with Gasteiger partial charge in [0, 0.05) is 17.1 Å². The molecule has 138 valence electrons. The van der Waals surface area contributed by atoms with Crippen LogP contribution in [0.15, 0.2) is 46.7 Å². The van der Waals surface area contributed by atoms with E-state index in [9.17, 15) is 12.8 Å². The van der Waals surface area contributed by atoms with Gasteiger partial charge < -0.3 is 0 Å². The van der Waals surface area contributed by atoms with Crippen LogP contribution in [0, 0.1) is 19.7 Å². The second-order valence-electron chi connectivity index (χ2n) is 5.83. The summed E-state index contributed by atoms with van der Waals surface area (Å²) in [6.07, 6.45) is 0. The molecule has 0 saturated heterocycles. The van der Waals surface area contributed by atoms with Crippen molar-refractivity contribution in [1.82, 2.24) is 14.5 Å². The Morgan fingerprint density at radius 3 is 2.65 bits per heavy atom. The summed E-state index contributed by atoms with van der Waals surface area (Å²) in [5, 5.41) is 6.18. The van der Waals surface area contributed by atoms with Gasteiger partial charge in [-0.2, -0.15) is 5.10 Å². The summed E-state index contributed by atoms with van der Waals surface area (Å²) in [5.74, 6) is -0.662. The molecule has 0 amide bonds. The van der Waals surface area contributed by atoms with Gasteiger partial charge in [-0.15, -0.1) is 11.3 Å². The molecule has 1 N–H and O–H groups in total. The lowest BCUT2D eigenvalue weighted by molar-refractivity contribution is 0.499. The van der Waals surface area contributed by atoms with Crippen LogP contribution in [0.25, 0.3) is 0 Å². The van der Waals surface area contributed by atoms with Gasteiger partial charge in [0.1, 0.15) is 5.82 Å². The number of rotatable bonds is 6. The maximum atomic E-state index is 13.3. The van der Waals surface area contributed by atoms with Crippen molar-refractivity contribution in [3.63, 3.8) is 0 Å². The van der Waals surface area contributed by atoms with E-state index in [2.05, 4.69) is 9.82 Å². The van der Waals surface area contributed by atoms with Crippen molar-refractivity contribution >= 4 is 33.0 Å². The first kappa shape index (κ1) is 19.0. The Balaban J connectivity index is 1.88. The van der Waals surface area contributed by atoms with Crippen molar-refractivity contribution in [2.45, 2.75) is 24.8 Å². The monoisotopic (exact) mass is 413 g/mol. The predicted molar refractivity (Wildman–Crippen MR) is 101 cm³/mol. The van der Waals surface area contributed by atoms with Crippen molar-refractivity contribution in [3.8, 4) is 0 Å². The van der Waals surface area contributed by atoms with E-state index in [4.69, 9.17) is 11.6 Å². The summed E-state index contributed by atoms with van der Waals surface area (Å²) in [7, 11) is -3.84. The minimum atomic E-state index is -3.84. The van der Waals surface area contributed by atoms with Crippen LogP contribution in [-0.4, -0.2) is 24.7 Å². The molecule has 0 bridgehead atoms. The Morgan fingerprint density at radius 2 is 2.08 bits per heavy atom. The van der Waals surface area contributed by atoms with Crippen molar-refractivity contribution < 1.29 is 12.8 Å². The summed E-state index contributed by atoms with van der Waals surface area (Å²) in [6.45, 7) is 3.92. The maximum Gasteiger partial charge on any atom is 0.240 e. The van der Waals surface area contributed by atoms with Crippen LogP contribution < -0.4 is 4.72 Å². The van der Waals surface area contributed by atoms with Gasteiger partial charge in [0.25, 0.3) is 0 Å². The highest BCUT2D eigenvalue weighted by Crippen LogP contribution is 2.25. The van der Waals surface area contributed by atoms with Gasteiger partial charge in [0.15, 0.2) is 0 Å². The Bertz CT molecular complexity index is 1020. The highest BCUT2D eigenvalue weighted by molar-refractivity contribution is 7.89. The zero-order valence-electron chi connectivity index (χ0n) is 14.1. The van der Waals surface area contributed by atoms with Gasteiger partial charge >= 0.3 is 0 Å². The van der Waals surface area contributed by atoms with Gasteiger partial charge in [0.2, 0.25) is 10.0 Å². The van der Waals surface area contributed by atoms with Crippen molar-refractivity contribution in [1.29, 1.82) is 0 Å². The highest BCUT2D eigenvalue weighted by Gasteiger charge is 2.22. The molecule has 0 aliphatic heterocycles. The summed E-state index contributed by atoms with van der Waals surface area (Å²) in [5.41, 5.74) is 1.79. The molecule has 1 unspecified atom stereocenters. The molecule has 3 aromatic rings. The standard InChI is InChI=1S/C17H17ClFN3O2S2/c1-11-8-12(2)22(21-11)16(17-4-3-7-25-17)10-20-26(23,24)13-5-6-15(19)14(18)9-13/h3-9,16,20H,10H2,1-2H3. The number of nitrogens with zero attached hydrogens (tertiary/aromatic N) is 2. The lowest BCUT2D eigenvalue weighted by atomic mass is 10.2. The van der Waals surface area contributed by atoms with Crippen LogP contribution in [-0.2, 0) is 10.0 Å². The van der Waals surface area contributed by atoms with Crippen molar-refractivity contribution in [2.75, 3.05) is 6.54 Å². The third-order valence-corrected chi connectivity index (χ3v) is 6.56. The zero-order chi connectivity index (χ0) is 18.9. The Kier molecular flexibility index (Phi) is 5.47. The summed E-state index contributed by atoms with van der Waals surface area (Å²) < 4.78 is 42.8. The second kappa shape index (κ2) is 7.48.